The third-order valence-corrected chi connectivity index (χ3v) is 5.64. The van der Waals surface area contributed by atoms with Crippen LogP contribution < -0.4 is 16.1 Å². The van der Waals surface area contributed by atoms with Gasteiger partial charge < -0.3 is 20.4 Å². The number of aromatic nitrogens is 1. The van der Waals surface area contributed by atoms with Gasteiger partial charge in [0.1, 0.15) is 11.6 Å². The Morgan fingerprint density at radius 1 is 0.944 bits per heavy atom. The summed E-state index contributed by atoms with van der Waals surface area (Å²) in [5.74, 6) is -1.56. The largest absolute Gasteiger partial charge is 0.462 e. The number of pyridine rings is 1. The molecule has 8 nitrogen and oxygen atoms in total. The average molecular weight is 484 g/mol. The molecular formula is C28H25N3O5. The zero-order valence-corrected chi connectivity index (χ0v) is 19.8. The maximum Gasteiger partial charge on any atom is 0.343 e. The van der Waals surface area contributed by atoms with E-state index >= 15 is 0 Å². The molecule has 0 aliphatic rings. The average Bonchev–Trinajstić information content (AvgIpc) is 2.89. The van der Waals surface area contributed by atoms with Crippen LogP contribution in [0.1, 0.15) is 34.6 Å². The molecule has 0 fully saturated rings. The second kappa shape index (κ2) is 10.7. The number of hydrogen-bond donors (Lipinski definition) is 3. The smallest absolute Gasteiger partial charge is 0.343 e. The Bertz CT molecular complexity index is 1480. The zero-order valence-electron chi connectivity index (χ0n) is 19.8. The van der Waals surface area contributed by atoms with E-state index in [0.717, 1.165) is 11.1 Å². The number of benzene rings is 3. The molecule has 0 saturated carbocycles. The van der Waals surface area contributed by atoms with E-state index < -0.39 is 23.3 Å². The number of carbonyl (C=O) groups excluding carboxylic acids is 3. The predicted octanol–water partition coefficient (Wildman–Crippen LogP) is 4.13. The number of ether oxygens (including phenoxy) is 1. The van der Waals surface area contributed by atoms with Crippen molar-refractivity contribution in [2.45, 2.75) is 19.9 Å². The van der Waals surface area contributed by atoms with E-state index in [1.807, 2.05) is 42.5 Å². The molecule has 1 aromatic heterocycles. The number of H-pyrrole nitrogens is 1. The highest BCUT2D eigenvalue weighted by Crippen LogP contribution is 2.19. The predicted molar refractivity (Wildman–Crippen MR) is 138 cm³/mol. The molecule has 0 radical (unpaired) electrons. The fourth-order valence-corrected chi connectivity index (χ4v) is 3.70. The Kier molecular flexibility index (Phi) is 7.25. The molecule has 2 amide bonds. The molecule has 4 rings (SSSR count). The van der Waals surface area contributed by atoms with Crippen molar-refractivity contribution < 1.29 is 19.1 Å². The second-order valence-corrected chi connectivity index (χ2v) is 8.14. The summed E-state index contributed by atoms with van der Waals surface area (Å²) in [7, 11) is 0. The van der Waals surface area contributed by atoms with Crippen LogP contribution in [-0.4, -0.2) is 35.4 Å². The van der Waals surface area contributed by atoms with Gasteiger partial charge in [-0.2, -0.15) is 0 Å². The number of nitrogens with one attached hydrogen (secondary N) is 3. The molecule has 1 atom stereocenters. The highest BCUT2D eigenvalue weighted by molar-refractivity contribution is 6.02. The van der Waals surface area contributed by atoms with Crippen molar-refractivity contribution in [3.05, 3.63) is 100 Å². The van der Waals surface area contributed by atoms with Gasteiger partial charge in [0.05, 0.1) is 6.61 Å². The van der Waals surface area contributed by atoms with Gasteiger partial charge in [-0.3, -0.25) is 14.4 Å². The van der Waals surface area contributed by atoms with Crippen LogP contribution in [0.3, 0.4) is 0 Å². The fourth-order valence-electron chi connectivity index (χ4n) is 3.70. The van der Waals surface area contributed by atoms with Crippen LogP contribution in [0.5, 0.6) is 0 Å². The van der Waals surface area contributed by atoms with E-state index in [9.17, 15) is 19.2 Å². The van der Waals surface area contributed by atoms with Crippen molar-refractivity contribution in [1.29, 1.82) is 0 Å². The lowest BCUT2D eigenvalue weighted by Gasteiger charge is -2.15. The van der Waals surface area contributed by atoms with Crippen molar-refractivity contribution >= 4 is 34.4 Å². The molecule has 0 aliphatic carbocycles. The number of anilines is 1. The molecule has 0 saturated heterocycles. The quantitative estimate of drug-likeness (QED) is 0.342. The lowest BCUT2D eigenvalue weighted by atomic mass is 10.0. The van der Waals surface area contributed by atoms with E-state index in [4.69, 9.17) is 4.74 Å². The van der Waals surface area contributed by atoms with E-state index in [1.54, 1.807) is 38.1 Å². The molecule has 0 spiro atoms. The summed E-state index contributed by atoms with van der Waals surface area (Å²) >= 11 is 0. The highest BCUT2D eigenvalue weighted by Gasteiger charge is 2.18. The minimum Gasteiger partial charge on any atom is -0.462 e. The third-order valence-electron chi connectivity index (χ3n) is 5.64. The van der Waals surface area contributed by atoms with Crippen molar-refractivity contribution in [3.63, 3.8) is 0 Å². The zero-order chi connectivity index (χ0) is 25.7. The molecule has 36 heavy (non-hydrogen) atoms. The minimum absolute atomic E-state index is 0.119. The van der Waals surface area contributed by atoms with Gasteiger partial charge in [-0.1, -0.05) is 42.5 Å². The Hall–Kier alpha value is -4.72. The Balaban J connectivity index is 1.44. The second-order valence-electron chi connectivity index (χ2n) is 8.14. The molecule has 0 aliphatic heterocycles. The van der Waals surface area contributed by atoms with E-state index in [2.05, 4.69) is 15.6 Å². The van der Waals surface area contributed by atoms with Crippen LogP contribution in [0.4, 0.5) is 5.69 Å². The van der Waals surface area contributed by atoms with Gasteiger partial charge in [0.15, 0.2) is 0 Å². The number of amides is 2. The van der Waals surface area contributed by atoms with Crippen LogP contribution in [0, 0.1) is 0 Å². The maximum absolute atomic E-state index is 12.7. The highest BCUT2D eigenvalue weighted by atomic mass is 16.5. The van der Waals surface area contributed by atoms with Gasteiger partial charge in [0.25, 0.3) is 5.91 Å². The van der Waals surface area contributed by atoms with Gasteiger partial charge in [-0.05, 0) is 55.3 Å². The Morgan fingerprint density at radius 2 is 1.64 bits per heavy atom. The van der Waals surface area contributed by atoms with Crippen LogP contribution in [0.15, 0.2) is 83.8 Å². The minimum atomic E-state index is -0.842. The van der Waals surface area contributed by atoms with Crippen LogP contribution in [-0.2, 0) is 9.53 Å². The first-order chi connectivity index (χ1) is 17.4. The van der Waals surface area contributed by atoms with E-state index in [-0.39, 0.29) is 23.5 Å². The number of rotatable bonds is 7. The van der Waals surface area contributed by atoms with Gasteiger partial charge >= 0.3 is 5.97 Å². The summed E-state index contributed by atoms with van der Waals surface area (Å²) in [5, 5.41) is 5.61. The molecular weight excluding hydrogens is 458 g/mol. The molecule has 3 aromatic carbocycles. The van der Waals surface area contributed by atoms with Crippen LogP contribution >= 0.6 is 0 Å². The van der Waals surface area contributed by atoms with E-state index in [0.29, 0.717) is 16.8 Å². The number of hydrogen-bond acceptors (Lipinski definition) is 5. The van der Waals surface area contributed by atoms with Crippen LogP contribution in [0.2, 0.25) is 0 Å². The summed E-state index contributed by atoms with van der Waals surface area (Å²) in [4.78, 5) is 53.0. The van der Waals surface area contributed by atoms with Crippen molar-refractivity contribution in [1.82, 2.24) is 10.3 Å². The van der Waals surface area contributed by atoms with Crippen LogP contribution in [0.25, 0.3) is 22.0 Å². The summed E-state index contributed by atoms with van der Waals surface area (Å²) in [6.45, 7) is 3.37. The Morgan fingerprint density at radius 3 is 2.33 bits per heavy atom. The van der Waals surface area contributed by atoms with Gasteiger partial charge in [0.2, 0.25) is 11.3 Å². The summed E-state index contributed by atoms with van der Waals surface area (Å²) < 4.78 is 4.92. The van der Waals surface area contributed by atoms with Crippen molar-refractivity contribution in [2.24, 2.45) is 0 Å². The fraction of sp³-hybridized carbons (Fsp3) is 0.143. The van der Waals surface area contributed by atoms with Gasteiger partial charge in [-0.25, -0.2) is 4.79 Å². The SMILES string of the molecule is CCOC(=O)c1c[nH]c2ccc(NC(=O)[C@H](C)NC(=O)c3ccc(-c4ccccc4)cc3)cc2c1=O. The monoisotopic (exact) mass is 483 g/mol. The number of carbonyl (C=O) groups is 3. The lowest BCUT2D eigenvalue weighted by molar-refractivity contribution is -0.117. The molecule has 4 aromatic rings. The molecule has 3 N–H and O–H groups in total. The number of fused-ring (bicyclic) bond motifs is 1. The third kappa shape index (κ3) is 5.33. The number of aromatic amines is 1. The van der Waals surface area contributed by atoms with E-state index in [1.165, 1.54) is 12.3 Å². The van der Waals surface area contributed by atoms with Gasteiger partial charge in [-0.15, -0.1) is 0 Å². The Labute approximate surface area is 207 Å². The number of esters is 1. The summed E-state index contributed by atoms with van der Waals surface area (Å²) in [6, 6.07) is 20.8. The lowest BCUT2D eigenvalue weighted by Crippen LogP contribution is -2.41. The first-order valence-corrected chi connectivity index (χ1v) is 11.5. The molecule has 1 heterocycles. The van der Waals surface area contributed by atoms with Crippen molar-refractivity contribution in [2.75, 3.05) is 11.9 Å². The first kappa shape index (κ1) is 24.4. The standard InChI is InChI=1S/C28H25N3O5/c1-3-36-28(35)23-16-29-24-14-13-21(15-22(24)25(23)32)31-26(33)17(2)30-27(34)20-11-9-19(10-12-20)18-7-5-4-6-8-18/h4-17H,3H2,1-2H3,(H,29,32)(H,30,34)(H,31,33)/t17-/m0/s1. The van der Waals surface area contributed by atoms with Gasteiger partial charge in [0, 0.05) is 28.4 Å². The first-order valence-electron chi connectivity index (χ1n) is 11.5. The molecule has 8 heteroatoms. The summed E-state index contributed by atoms with van der Waals surface area (Å²) in [6.07, 6.45) is 1.31. The molecule has 0 bridgehead atoms. The maximum atomic E-state index is 12.7. The summed E-state index contributed by atoms with van der Waals surface area (Å²) in [5.41, 5.74) is 2.69. The van der Waals surface area contributed by atoms with Crippen molar-refractivity contribution in [3.8, 4) is 11.1 Å². The molecule has 0 unspecified atom stereocenters. The normalized spacial score (nSPS) is 11.5. The topological polar surface area (TPSA) is 117 Å². The molecule has 182 valence electrons.